The van der Waals surface area contributed by atoms with E-state index in [1.54, 1.807) is 19.9 Å². The minimum Gasteiger partial charge on any atom is -0.457 e. The van der Waals surface area contributed by atoms with Gasteiger partial charge >= 0.3 is 0 Å². The largest absolute Gasteiger partial charge is 0.457 e. The second kappa shape index (κ2) is 4.14. The zero-order valence-electron chi connectivity index (χ0n) is 8.00. The van der Waals surface area contributed by atoms with Gasteiger partial charge in [0.15, 0.2) is 4.67 Å². The summed E-state index contributed by atoms with van der Waals surface area (Å²) in [5.41, 5.74) is -0.208. The summed E-state index contributed by atoms with van der Waals surface area (Å²) in [7, 11) is 0. The van der Waals surface area contributed by atoms with E-state index in [0.717, 1.165) is 0 Å². The maximum atomic E-state index is 11.6. The molecule has 0 bridgehead atoms. The summed E-state index contributed by atoms with van der Waals surface area (Å²) in [6.07, 6.45) is 1.42. The van der Waals surface area contributed by atoms with Crippen molar-refractivity contribution in [2.45, 2.75) is 19.4 Å². The highest BCUT2D eigenvalue weighted by Gasteiger charge is 2.22. The number of amides is 1. The van der Waals surface area contributed by atoms with Crippen molar-refractivity contribution in [2.75, 3.05) is 6.61 Å². The molecule has 1 amide bonds. The third-order valence-electron chi connectivity index (χ3n) is 1.71. The topological polar surface area (TPSA) is 62.5 Å². The number of carbonyl (C=O) groups is 1. The summed E-state index contributed by atoms with van der Waals surface area (Å²) in [5.74, 6) is -0.273. The molecule has 0 aromatic carbocycles. The van der Waals surface area contributed by atoms with E-state index in [1.165, 1.54) is 6.26 Å². The number of nitrogens with one attached hydrogen (secondary N) is 1. The van der Waals surface area contributed by atoms with E-state index in [2.05, 4.69) is 21.2 Å². The van der Waals surface area contributed by atoms with Gasteiger partial charge in [-0.3, -0.25) is 4.79 Å². The van der Waals surface area contributed by atoms with Gasteiger partial charge in [-0.1, -0.05) is 0 Å². The summed E-state index contributed by atoms with van der Waals surface area (Å²) in [6, 6.07) is 1.56. The minimum atomic E-state index is -0.631. The number of hydrogen-bond acceptors (Lipinski definition) is 3. The number of aliphatic hydroxyl groups excluding tert-OH is 1. The Morgan fingerprint density at radius 1 is 1.71 bits per heavy atom. The number of rotatable bonds is 3. The first-order valence-corrected chi connectivity index (χ1v) is 4.92. The van der Waals surface area contributed by atoms with Crippen LogP contribution < -0.4 is 5.32 Å². The van der Waals surface area contributed by atoms with Gasteiger partial charge in [0, 0.05) is 0 Å². The van der Waals surface area contributed by atoms with Crippen LogP contribution in [0.25, 0.3) is 0 Å². The SMILES string of the molecule is CC(C)(CO)NC(=O)c1ccoc1Br. The molecule has 0 fully saturated rings. The van der Waals surface area contributed by atoms with E-state index < -0.39 is 5.54 Å². The number of hydrogen-bond donors (Lipinski definition) is 2. The molecule has 78 valence electrons. The van der Waals surface area contributed by atoms with Crippen LogP contribution in [0.3, 0.4) is 0 Å². The predicted molar refractivity (Wildman–Crippen MR) is 55.0 cm³/mol. The van der Waals surface area contributed by atoms with E-state index in [0.29, 0.717) is 10.2 Å². The average molecular weight is 262 g/mol. The zero-order chi connectivity index (χ0) is 10.8. The van der Waals surface area contributed by atoms with Crippen molar-refractivity contribution in [3.63, 3.8) is 0 Å². The Morgan fingerprint density at radius 3 is 2.79 bits per heavy atom. The molecule has 0 atom stereocenters. The van der Waals surface area contributed by atoms with Crippen LogP contribution in [-0.2, 0) is 0 Å². The van der Waals surface area contributed by atoms with Crippen LogP contribution in [0.15, 0.2) is 21.4 Å². The first-order valence-electron chi connectivity index (χ1n) is 4.12. The quantitative estimate of drug-likeness (QED) is 0.868. The Morgan fingerprint density at radius 2 is 2.36 bits per heavy atom. The molecular weight excluding hydrogens is 250 g/mol. The van der Waals surface area contributed by atoms with Crippen molar-refractivity contribution < 1.29 is 14.3 Å². The lowest BCUT2D eigenvalue weighted by atomic mass is 10.1. The third-order valence-corrected chi connectivity index (χ3v) is 2.32. The lowest BCUT2D eigenvalue weighted by Crippen LogP contribution is -2.46. The number of halogens is 1. The summed E-state index contributed by atoms with van der Waals surface area (Å²) in [5, 5.41) is 11.6. The van der Waals surface area contributed by atoms with Crippen molar-refractivity contribution in [1.29, 1.82) is 0 Å². The molecular formula is C9H12BrNO3. The van der Waals surface area contributed by atoms with E-state index in [-0.39, 0.29) is 12.5 Å². The fraction of sp³-hybridized carbons (Fsp3) is 0.444. The second-order valence-corrected chi connectivity index (χ2v) is 4.32. The minimum absolute atomic E-state index is 0.117. The molecule has 4 nitrogen and oxygen atoms in total. The first kappa shape index (κ1) is 11.3. The Hall–Kier alpha value is -0.810. The molecule has 0 aliphatic carbocycles. The van der Waals surface area contributed by atoms with Gasteiger partial charge in [0.05, 0.1) is 24.0 Å². The third kappa shape index (κ3) is 2.59. The number of aliphatic hydroxyl groups is 1. The number of carbonyl (C=O) groups excluding carboxylic acids is 1. The fourth-order valence-electron chi connectivity index (χ4n) is 0.870. The van der Waals surface area contributed by atoms with Crippen molar-refractivity contribution >= 4 is 21.8 Å². The maximum Gasteiger partial charge on any atom is 0.256 e. The molecule has 1 aromatic heterocycles. The fourth-order valence-corrected chi connectivity index (χ4v) is 1.29. The highest BCUT2D eigenvalue weighted by molar-refractivity contribution is 9.10. The maximum absolute atomic E-state index is 11.6. The molecule has 1 aromatic rings. The average Bonchev–Trinajstić information content (AvgIpc) is 2.51. The van der Waals surface area contributed by atoms with Gasteiger partial charge in [0.25, 0.3) is 5.91 Å². The Kier molecular flexibility index (Phi) is 3.34. The normalized spacial score (nSPS) is 11.4. The van der Waals surface area contributed by atoms with Crippen LogP contribution in [0.1, 0.15) is 24.2 Å². The Balaban J connectivity index is 2.73. The smallest absolute Gasteiger partial charge is 0.256 e. The molecule has 0 aliphatic heterocycles. The molecule has 0 radical (unpaired) electrons. The van der Waals surface area contributed by atoms with Crippen LogP contribution in [0, 0.1) is 0 Å². The van der Waals surface area contributed by atoms with Crippen LogP contribution in [0.4, 0.5) is 0 Å². The van der Waals surface area contributed by atoms with Crippen molar-refractivity contribution in [3.8, 4) is 0 Å². The second-order valence-electron chi connectivity index (χ2n) is 3.60. The van der Waals surface area contributed by atoms with Crippen LogP contribution in [-0.4, -0.2) is 23.2 Å². The zero-order valence-corrected chi connectivity index (χ0v) is 9.59. The highest BCUT2D eigenvalue weighted by Crippen LogP contribution is 2.18. The summed E-state index contributed by atoms with van der Waals surface area (Å²) in [6.45, 7) is 3.35. The molecule has 5 heteroatoms. The Labute approximate surface area is 90.4 Å². The first-order chi connectivity index (χ1) is 6.46. The molecule has 14 heavy (non-hydrogen) atoms. The molecule has 2 N–H and O–H groups in total. The van der Waals surface area contributed by atoms with Gasteiger partial charge in [0.1, 0.15) is 0 Å². The molecule has 1 heterocycles. The molecule has 1 rings (SSSR count). The van der Waals surface area contributed by atoms with Gasteiger partial charge in [-0.05, 0) is 35.8 Å². The van der Waals surface area contributed by atoms with E-state index >= 15 is 0 Å². The lowest BCUT2D eigenvalue weighted by molar-refractivity contribution is 0.0867. The van der Waals surface area contributed by atoms with E-state index in [9.17, 15) is 4.79 Å². The highest BCUT2D eigenvalue weighted by atomic mass is 79.9. The van der Waals surface area contributed by atoms with E-state index in [4.69, 9.17) is 9.52 Å². The van der Waals surface area contributed by atoms with Crippen molar-refractivity contribution in [1.82, 2.24) is 5.32 Å². The van der Waals surface area contributed by atoms with Crippen molar-refractivity contribution in [2.24, 2.45) is 0 Å². The molecule has 0 unspecified atom stereocenters. The van der Waals surface area contributed by atoms with Crippen LogP contribution in [0.5, 0.6) is 0 Å². The van der Waals surface area contributed by atoms with Gasteiger partial charge < -0.3 is 14.8 Å². The van der Waals surface area contributed by atoms with Crippen LogP contribution >= 0.6 is 15.9 Å². The van der Waals surface area contributed by atoms with Gasteiger partial charge in [-0.15, -0.1) is 0 Å². The summed E-state index contributed by atoms with van der Waals surface area (Å²) >= 11 is 3.11. The van der Waals surface area contributed by atoms with E-state index in [1.807, 2.05) is 0 Å². The van der Waals surface area contributed by atoms with Gasteiger partial charge in [-0.25, -0.2) is 0 Å². The lowest BCUT2D eigenvalue weighted by Gasteiger charge is -2.22. The standard InChI is InChI=1S/C9H12BrNO3/c1-9(2,5-12)11-8(13)6-3-4-14-7(6)10/h3-4,12H,5H2,1-2H3,(H,11,13). The predicted octanol–water partition coefficient (Wildman–Crippen LogP) is 1.54. The molecule has 0 saturated carbocycles. The van der Waals surface area contributed by atoms with Gasteiger partial charge in [-0.2, -0.15) is 0 Å². The monoisotopic (exact) mass is 261 g/mol. The molecule has 0 spiro atoms. The molecule has 0 aliphatic rings. The summed E-state index contributed by atoms with van der Waals surface area (Å²) in [4.78, 5) is 11.6. The Bertz CT molecular complexity index is 333. The van der Waals surface area contributed by atoms with Crippen molar-refractivity contribution in [3.05, 3.63) is 22.6 Å². The van der Waals surface area contributed by atoms with Crippen LogP contribution in [0.2, 0.25) is 0 Å². The number of furan rings is 1. The van der Waals surface area contributed by atoms with Gasteiger partial charge in [0.2, 0.25) is 0 Å². The summed E-state index contributed by atoms with van der Waals surface area (Å²) < 4.78 is 5.32. The molecule has 0 saturated heterocycles.